The monoisotopic (exact) mass is 567 g/mol. The number of aromatic amines is 1. The Balaban J connectivity index is 1.16. The van der Waals surface area contributed by atoms with Gasteiger partial charge < -0.3 is 29.8 Å². The van der Waals surface area contributed by atoms with Crippen molar-refractivity contribution in [2.24, 2.45) is 0 Å². The second-order valence-electron chi connectivity index (χ2n) is 10.1. The van der Waals surface area contributed by atoms with Crippen LogP contribution >= 0.6 is 11.6 Å². The van der Waals surface area contributed by atoms with Crippen molar-refractivity contribution >= 4 is 45.1 Å². The topological polar surface area (TPSA) is 113 Å². The summed E-state index contributed by atoms with van der Waals surface area (Å²) in [5.74, 6) is 2.04. The molecule has 7 rings (SSSR count). The Kier molecular flexibility index (Phi) is 6.16. The van der Waals surface area contributed by atoms with Crippen LogP contribution in [-0.4, -0.2) is 44.5 Å². The number of benzene rings is 3. The molecule has 4 heterocycles. The number of phenols is 1. The number of amides is 1. The Bertz CT molecular complexity index is 1850. The largest absolute Gasteiger partial charge is 0.508 e. The number of nitrogens with zero attached hydrogens (tertiary/aromatic N) is 3. The van der Waals surface area contributed by atoms with E-state index in [-0.39, 0.29) is 29.1 Å². The first kappa shape index (κ1) is 25.2. The Labute approximate surface area is 240 Å². The molecule has 2 aliphatic rings. The number of likely N-dealkylation sites (tertiary alicyclic amines) is 1. The third kappa shape index (κ3) is 4.48. The lowest BCUT2D eigenvalue weighted by Crippen LogP contribution is -2.32. The van der Waals surface area contributed by atoms with Gasteiger partial charge in [-0.1, -0.05) is 35.9 Å². The molecule has 41 heavy (non-hydrogen) atoms. The highest BCUT2D eigenvalue weighted by molar-refractivity contribution is 6.30. The number of phenolic OH excluding ortho intramolecular Hbond substituents is 1. The molecule has 0 saturated carbocycles. The number of fused-ring (bicyclic) bond motifs is 2. The van der Waals surface area contributed by atoms with Gasteiger partial charge in [-0.2, -0.15) is 0 Å². The van der Waals surface area contributed by atoms with E-state index < -0.39 is 0 Å². The van der Waals surface area contributed by atoms with Crippen LogP contribution in [0.3, 0.4) is 0 Å². The van der Waals surface area contributed by atoms with Crippen LogP contribution in [0.2, 0.25) is 5.15 Å². The highest BCUT2D eigenvalue weighted by atomic mass is 35.5. The minimum absolute atomic E-state index is 0.186. The van der Waals surface area contributed by atoms with Crippen molar-refractivity contribution in [2.75, 3.05) is 13.7 Å². The van der Waals surface area contributed by atoms with Crippen LogP contribution in [0.25, 0.3) is 27.6 Å². The predicted octanol–water partition coefficient (Wildman–Crippen LogP) is 6.07. The third-order valence-corrected chi connectivity index (χ3v) is 7.82. The van der Waals surface area contributed by atoms with E-state index in [4.69, 9.17) is 26.1 Å². The molecule has 0 bridgehead atoms. The zero-order chi connectivity index (χ0) is 28.1. The van der Waals surface area contributed by atoms with Crippen molar-refractivity contribution in [3.05, 3.63) is 101 Å². The molecule has 3 aromatic carbocycles. The van der Waals surface area contributed by atoms with E-state index in [1.807, 2.05) is 53.6 Å². The third-order valence-electron chi connectivity index (χ3n) is 7.62. The van der Waals surface area contributed by atoms with E-state index in [1.165, 1.54) is 0 Å². The number of carbonyl (C=O) groups is 1. The van der Waals surface area contributed by atoms with Crippen LogP contribution in [0.1, 0.15) is 52.6 Å². The normalized spacial score (nSPS) is 18.4. The van der Waals surface area contributed by atoms with Crippen molar-refractivity contribution in [3.8, 4) is 11.5 Å². The van der Waals surface area contributed by atoms with Gasteiger partial charge in [0.25, 0.3) is 5.91 Å². The summed E-state index contributed by atoms with van der Waals surface area (Å²) in [6, 6.07) is 19.9. The summed E-state index contributed by atoms with van der Waals surface area (Å²) in [5, 5.41) is 14.7. The number of hydrogen-bond donors (Lipinski definition) is 3. The number of nitrogens with one attached hydrogen (secondary N) is 2. The number of carbonyl (C=O) groups excluding carboxylic acids is 1. The molecule has 1 saturated heterocycles. The first-order chi connectivity index (χ1) is 20.0. The standard InChI is InChI=1S/C31H26ClN5O4/c1-40-25-9-3-7-20-21(25)15-27(32)36-28(20)31(39)37-12-4-8-24(37)29-34-22-11-10-17(14-23(22)35-29)26-16-33-30(41-26)18-5-2-6-19(38)13-18/h2-3,5-7,9-11,13-16,24,30,33,38H,4,8,12H2,1H3,(H,34,35)/t24-,30?/m0/s1. The van der Waals surface area contributed by atoms with E-state index in [1.54, 1.807) is 31.4 Å². The average Bonchev–Trinajstić information content (AvgIpc) is 3.75. The Hall–Kier alpha value is -4.76. The van der Waals surface area contributed by atoms with Gasteiger partial charge in [-0.05, 0) is 55.3 Å². The molecule has 1 amide bonds. The van der Waals surface area contributed by atoms with Crippen LogP contribution in [0.15, 0.2) is 72.9 Å². The van der Waals surface area contributed by atoms with Gasteiger partial charge in [-0.25, -0.2) is 9.97 Å². The number of hydrogen-bond acceptors (Lipinski definition) is 7. The van der Waals surface area contributed by atoms with Gasteiger partial charge in [0.2, 0.25) is 0 Å². The molecule has 3 N–H and O–H groups in total. The quantitative estimate of drug-likeness (QED) is 0.221. The maximum Gasteiger partial charge on any atom is 0.273 e. The lowest BCUT2D eigenvalue weighted by atomic mass is 10.1. The second kappa shape index (κ2) is 10.0. The molecule has 10 heteroatoms. The molecule has 2 aliphatic heterocycles. The van der Waals surface area contributed by atoms with Crippen LogP contribution in [0, 0.1) is 0 Å². The number of aromatic hydroxyl groups is 1. The van der Waals surface area contributed by atoms with Crippen molar-refractivity contribution in [1.82, 2.24) is 25.2 Å². The van der Waals surface area contributed by atoms with Gasteiger partial charge in [0, 0.05) is 34.6 Å². The summed E-state index contributed by atoms with van der Waals surface area (Å²) < 4.78 is 11.6. The minimum atomic E-state index is -0.390. The first-order valence-electron chi connectivity index (χ1n) is 13.3. The Morgan fingerprint density at radius 1 is 1.10 bits per heavy atom. The number of pyridine rings is 1. The number of halogens is 1. The number of rotatable bonds is 5. The van der Waals surface area contributed by atoms with Gasteiger partial charge in [0.15, 0.2) is 6.23 Å². The predicted molar refractivity (Wildman–Crippen MR) is 155 cm³/mol. The number of H-pyrrole nitrogens is 1. The summed E-state index contributed by atoms with van der Waals surface area (Å²) >= 11 is 6.34. The zero-order valence-electron chi connectivity index (χ0n) is 22.1. The Morgan fingerprint density at radius 3 is 2.83 bits per heavy atom. The summed E-state index contributed by atoms with van der Waals surface area (Å²) in [6.45, 7) is 0.592. The van der Waals surface area contributed by atoms with Crippen molar-refractivity contribution in [2.45, 2.75) is 25.1 Å². The average molecular weight is 568 g/mol. The fraction of sp³-hybridized carbons (Fsp3) is 0.194. The summed E-state index contributed by atoms with van der Waals surface area (Å²) in [7, 11) is 1.59. The molecule has 0 aliphatic carbocycles. The minimum Gasteiger partial charge on any atom is -0.508 e. The van der Waals surface area contributed by atoms with E-state index in [0.717, 1.165) is 46.2 Å². The second-order valence-corrected chi connectivity index (χ2v) is 10.5. The maximum atomic E-state index is 13.9. The Morgan fingerprint density at radius 2 is 1.98 bits per heavy atom. The number of imidazole rings is 1. The smallest absolute Gasteiger partial charge is 0.273 e. The molecular weight excluding hydrogens is 542 g/mol. The van der Waals surface area contributed by atoms with Gasteiger partial charge in [-0.3, -0.25) is 4.79 Å². The molecule has 2 aromatic heterocycles. The summed E-state index contributed by atoms with van der Waals surface area (Å²) in [6.07, 6.45) is 3.06. The van der Waals surface area contributed by atoms with Gasteiger partial charge in [-0.15, -0.1) is 0 Å². The molecule has 1 fully saturated rings. The lowest BCUT2D eigenvalue weighted by molar-refractivity contribution is 0.0727. The highest BCUT2D eigenvalue weighted by Gasteiger charge is 2.34. The van der Waals surface area contributed by atoms with Crippen LogP contribution in [-0.2, 0) is 4.74 Å². The van der Waals surface area contributed by atoms with Crippen LogP contribution in [0.5, 0.6) is 11.5 Å². The van der Waals surface area contributed by atoms with E-state index >= 15 is 0 Å². The zero-order valence-corrected chi connectivity index (χ0v) is 22.9. The number of methoxy groups -OCH3 is 1. The molecule has 2 atom stereocenters. The van der Waals surface area contributed by atoms with Gasteiger partial charge in [0.1, 0.15) is 33.9 Å². The maximum absolute atomic E-state index is 13.9. The first-order valence-corrected chi connectivity index (χ1v) is 13.7. The molecule has 0 spiro atoms. The highest BCUT2D eigenvalue weighted by Crippen LogP contribution is 2.36. The molecular formula is C31H26ClN5O4. The van der Waals surface area contributed by atoms with Crippen LogP contribution in [0.4, 0.5) is 0 Å². The number of ether oxygens (including phenoxy) is 2. The number of aromatic nitrogens is 3. The fourth-order valence-electron chi connectivity index (χ4n) is 5.68. The molecule has 206 valence electrons. The van der Waals surface area contributed by atoms with Crippen LogP contribution < -0.4 is 10.1 Å². The van der Waals surface area contributed by atoms with E-state index in [9.17, 15) is 9.90 Å². The summed E-state index contributed by atoms with van der Waals surface area (Å²) in [5.41, 5.74) is 3.66. The SMILES string of the molecule is COc1cccc2c(C(=O)N3CCC[C@H]3c3nc4ccc(C5=CNC(c6cccc(O)c6)O5)cc4[nH]3)nc(Cl)cc12. The van der Waals surface area contributed by atoms with Gasteiger partial charge in [0.05, 0.1) is 24.2 Å². The fourth-order valence-corrected chi connectivity index (χ4v) is 5.87. The molecule has 5 aromatic rings. The van der Waals surface area contributed by atoms with E-state index in [0.29, 0.717) is 29.1 Å². The van der Waals surface area contributed by atoms with Crippen molar-refractivity contribution in [1.29, 1.82) is 0 Å². The molecule has 1 unspecified atom stereocenters. The molecule has 0 radical (unpaired) electrons. The summed E-state index contributed by atoms with van der Waals surface area (Å²) in [4.78, 5) is 28.4. The van der Waals surface area contributed by atoms with Gasteiger partial charge >= 0.3 is 0 Å². The molecule has 9 nitrogen and oxygen atoms in total. The van der Waals surface area contributed by atoms with Crippen molar-refractivity contribution in [3.63, 3.8) is 0 Å². The lowest BCUT2D eigenvalue weighted by Gasteiger charge is -2.23. The van der Waals surface area contributed by atoms with E-state index in [2.05, 4.69) is 15.3 Å². The van der Waals surface area contributed by atoms with Crippen molar-refractivity contribution < 1.29 is 19.4 Å².